The van der Waals surface area contributed by atoms with Crippen LogP contribution in [0.2, 0.25) is 5.02 Å². The molecule has 1 rings (SSSR count). The van der Waals surface area contributed by atoms with Gasteiger partial charge in [-0.3, -0.25) is 0 Å². The van der Waals surface area contributed by atoms with Gasteiger partial charge in [0.05, 0.1) is 7.11 Å². The van der Waals surface area contributed by atoms with Crippen LogP contribution in [-0.4, -0.2) is 18.3 Å². The van der Waals surface area contributed by atoms with E-state index >= 15 is 0 Å². The van der Waals surface area contributed by atoms with Gasteiger partial charge in [-0.15, -0.1) is 11.8 Å². The zero-order valence-electron chi connectivity index (χ0n) is 6.30. The molecular weight excluding hydrogens is 182 g/mol. The van der Waals surface area contributed by atoms with Crippen LogP contribution in [0, 0.1) is 0 Å². The summed E-state index contributed by atoms with van der Waals surface area (Å²) in [6.07, 6.45) is 1.94. The molecule has 0 aliphatic heterocycles. The zero-order valence-corrected chi connectivity index (χ0v) is 7.87. The van der Waals surface area contributed by atoms with Crippen LogP contribution in [0.4, 0.5) is 0 Å². The lowest BCUT2D eigenvalue weighted by atomic mass is 10.5. The minimum Gasteiger partial charge on any atom is -0.481 e. The van der Waals surface area contributed by atoms with E-state index < -0.39 is 0 Å². The predicted molar refractivity (Wildman–Crippen MR) is 47.6 cm³/mol. The standard InChI is InChI=1S/C7H8ClNOS/c1-10-6-3-5(8)4-7(9-6)11-2/h3-4H,1-2H3. The lowest BCUT2D eigenvalue weighted by Gasteiger charge is -2.01. The number of halogens is 1. The van der Waals surface area contributed by atoms with E-state index in [0.717, 1.165) is 5.03 Å². The summed E-state index contributed by atoms with van der Waals surface area (Å²) in [5.74, 6) is 0.557. The molecule has 1 heterocycles. The molecule has 0 atom stereocenters. The Hall–Kier alpha value is -0.410. The van der Waals surface area contributed by atoms with E-state index in [1.54, 1.807) is 19.2 Å². The SMILES string of the molecule is COc1cc(Cl)cc(SC)n1. The topological polar surface area (TPSA) is 22.1 Å². The molecule has 0 radical (unpaired) electrons. The van der Waals surface area contributed by atoms with Crippen molar-refractivity contribution in [3.8, 4) is 5.88 Å². The average molecular weight is 190 g/mol. The third-order valence-corrected chi connectivity index (χ3v) is 2.01. The second-order valence-corrected chi connectivity index (χ2v) is 3.13. The molecule has 0 unspecified atom stereocenters. The third kappa shape index (κ3) is 2.27. The van der Waals surface area contributed by atoms with Crippen LogP contribution in [0.5, 0.6) is 5.88 Å². The van der Waals surface area contributed by atoms with Crippen molar-refractivity contribution in [3.05, 3.63) is 17.2 Å². The average Bonchev–Trinajstić information content (AvgIpc) is 2.03. The van der Waals surface area contributed by atoms with Gasteiger partial charge in [0.15, 0.2) is 0 Å². The highest BCUT2D eigenvalue weighted by molar-refractivity contribution is 7.98. The first kappa shape index (κ1) is 8.68. The van der Waals surface area contributed by atoms with E-state index in [9.17, 15) is 0 Å². The fourth-order valence-electron chi connectivity index (χ4n) is 0.660. The first-order valence-corrected chi connectivity index (χ1v) is 4.62. The molecule has 4 heteroatoms. The van der Waals surface area contributed by atoms with E-state index in [1.165, 1.54) is 11.8 Å². The number of aromatic nitrogens is 1. The van der Waals surface area contributed by atoms with Gasteiger partial charge in [-0.05, 0) is 12.3 Å². The Morgan fingerprint density at radius 3 is 2.82 bits per heavy atom. The smallest absolute Gasteiger partial charge is 0.215 e. The van der Waals surface area contributed by atoms with Crippen LogP contribution >= 0.6 is 23.4 Å². The number of pyridine rings is 1. The Morgan fingerprint density at radius 2 is 2.27 bits per heavy atom. The molecule has 0 saturated heterocycles. The normalized spacial score (nSPS) is 9.73. The summed E-state index contributed by atoms with van der Waals surface area (Å²) in [7, 11) is 1.57. The van der Waals surface area contributed by atoms with E-state index in [0.29, 0.717) is 10.9 Å². The number of nitrogens with zero attached hydrogens (tertiary/aromatic N) is 1. The van der Waals surface area contributed by atoms with Gasteiger partial charge in [-0.1, -0.05) is 11.6 Å². The minimum atomic E-state index is 0.557. The van der Waals surface area contributed by atoms with Gasteiger partial charge >= 0.3 is 0 Å². The second kappa shape index (κ2) is 3.83. The van der Waals surface area contributed by atoms with E-state index in [1.807, 2.05) is 6.26 Å². The molecule has 0 N–H and O–H groups in total. The first-order chi connectivity index (χ1) is 5.26. The molecule has 0 aliphatic carbocycles. The summed E-state index contributed by atoms with van der Waals surface area (Å²) in [6, 6.07) is 3.48. The van der Waals surface area contributed by atoms with Crippen molar-refractivity contribution in [1.29, 1.82) is 0 Å². The molecule has 0 fully saturated rings. The van der Waals surface area contributed by atoms with Crippen LogP contribution < -0.4 is 4.74 Å². The quantitative estimate of drug-likeness (QED) is 0.668. The van der Waals surface area contributed by atoms with Gasteiger partial charge in [-0.2, -0.15) is 0 Å². The lowest BCUT2D eigenvalue weighted by Crippen LogP contribution is -1.88. The van der Waals surface area contributed by atoms with Crippen molar-refractivity contribution in [2.45, 2.75) is 5.03 Å². The van der Waals surface area contributed by atoms with Crippen LogP contribution in [-0.2, 0) is 0 Å². The molecule has 0 spiro atoms. The number of thioether (sulfide) groups is 1. The Kier molecular flexibility index (Phi) is 3.02. The largest absolute Gasteiger partial charge is 0.481 e. The summed E-state index contributed by atoms with van der Waals surface area (Å²) < 4.78 is 4.93. The molecule has 0 saturated carbocycles. The summed E-state index contributed by atoms with van der Waals surface area (Å²) >= 11 is 7.31. The molecule has 2 nitrogen and oxygen atoms in total. The molecule has 0 amide bonds. The highest BCUT2D eigenvalue weighted by Gasteiger charge is 1.98. The van der Waals surface area contributed by atoms with Gasteiger partial charge in [0, 0.05) is 11.1 Å². The second-order valence-electron chi connectivity index (χ2n) is 1.87. The Bertz CT molecular complexity index is 232. The van der Waals surface area contributed by atoms with Crippen LogP contribution in [0.3, 0.4) is 0 Å². The molecule has 11 heavy (non-hydrogen) atoms. The molecule has 60 valence electrons. The maximum absolute atomic E-state index is 5.77. The molecule has 0 aromatic carbocycles. The van der Waals surface area contributed by atoms with E-state index in [-0.39, 0.29) is 0 Å². The van der Waals surface area contributed by atoms with Crippen LogP contribution in [0.15, 0.2) is 17.2 Å². The Morgan fingerprint density at radius 1 is 1.55 bits per heavy atom. The number of hydrogen-bond donors (Lipinski definition) is 0. The number of hydrogen-bond acceptors (Lipinski definition) is 3. The number of ether oxygens (including phenoxy) is 1. The summed E-state index contributed by atoms with van der Waals surface area (Å²) in [4.78, 5) is 4.13. The van der Waals surface area contributed by atoms with Crippen LogP contribution in [0.1, 0.15) is 0 Å². The van der Waals surface area contributed by atoms with Crippen molar-refractivity contribution >= 4 is 23.4 Å². The number of rotatable bonds is 2. The minimum absolute atomic E-state index is 0.557. The predicted octanol–water partition coefficient (Wildman–Crippen LogP) is 2.47. The van der Waals surface area contributed by atoms with E-state index in [4.69, 9.17) is 16.3 Å². The van der Waals surface area contributed by atoms with Gasteiger partial charge < -0.3 is 4.74 Å². The molecule has 0 bridgehead atoms. The van der Waals surface area contributed by atoms with Crippen molar-refractivity contribution in [1.82, 2.24) is 4.98 Å². The molecule has 1 aromatic heterocycles. The maximum atomic E-state index is 5.77. The maximum Gasteiger partial charge on any atom is 0.215 e. The van der Waals surface area contributed by atoms with Gasteiger partial charge in [-0.25, -0.2) is 4.98 Å². The molecule has 0 aliphatic rings. The molecule has 1 aromatic rings. The zero-order chi connectivity index (χ0) is 8.27. The van der Waals surface area contributed by atoms with Crippen molar-refractivity contribution in [3.63, 3.8) is 0 Å². The van der Waals surface area contributed by atoms with Gasteiger partial charge in [0.25, 0.3) is 0 Å². The third-order valence-electron chi connectivity index (χ3n) is 1.16. The Balaban J connectivity index is 3.02. The summed E-state index contributed by atoms with van der Waals surface area (Å²) in [6.45, 7) is 0. The lowest BCUT2D eigenvalue weighted by molar-refractivity contribution is 0.394. The first-order valence-electron chi connectivity index (χ1n) is 3.02. The Labute approximate surface area is 74.9 Å². The van der Waals surface area contributed by atoms with Crippen molar-refractivity contribution < 1.29 is 4.74 Å². The van der Waals surface area contributed by atoms with Crippen molar-refractivity contribution in [2.75, 3.05) is 13.4 Å². The van der Waals surface area contributed by atoms with Crippen molar-refractivity contribution in [2.24, 2.45) is 0 Å². The fraction of sp³-hybridized carbons (Fsp3) is 0.286. The van der Waals surface area contributed by atoms with Gasteiger partial charge in [0.1, 0.15) is 5.03 Å². The monoisotopic (exact) mass is 189 g/mol. The highest BCUT2D eigenvalue weighted by Crippen LogP contribution is 2.21. The fourth-order valence-corrected chi connectivity index (χ4v) is 1.35. The van der Waals surface area contributed by atoms with E-state index in [2.05, 4.69) is 4.98 Å². The highest BCUT2D eigenvalue weighted by atomic mass is 35.5. The van der Waals surface area contributed by atoms with Crippen LogP contribution in [0.25, 0.3) is 0 Å². The summed E-state index contributed by atoms with van der Waals surface area (Å²) in [5, 5.41) is 1.52. The number of methoxy groups -OCH3 is 1. The molecular formula is C7H8ClNOS. The summed E-state index contributed by atoms with van der Waals surface area (Å²) in [5.41, 5.74) is 0. The van der Waals surface area contributed by atoms with Gasteiger partial charge in [0.2, 0.25) is 5.88 Å².